The summed E-state index contributed by atoms with van der Waals surface area (Å²) in [6.07, 6.45) is 6.22. The second-order valence-electron chi connectivity index (χ2n) is 9.32. The van der Waals surface area contributed by atoms with Crippen molar-refractivity contribution >= 4 is 5.97 Å². The number of alkyl halides is 1. The van der Waals surface area contributed by atoms with Gasteiger partial charge in [0.25, 0.3) is 0 Å². The van der Waals surface area contributed by atoms with Gasteiger partial charge >= 0.3 is 5.97 Å². The maximum Gasteiger partial charge on any atom is 0.306 e. The van der Waals surface area contributed by atoms with Crippen LogP contribution in [0.25, 0.3) is 0 Å². The molecule has 1 aromatic carbocycles. The number of halogens is 1. The van der Waals surface area contributed by atoms with Crippen LogP contribution in [0.5, 0.6) is 5.75 Å². The third-order valence-electron chi connectivity index (χ3n) is 6.40. The Morgan fingerprint density at radius 3 is 2.81 bits per heavy atom. The van der Waals surface area contributed by atoms with Crippen LogP contribution in [-0.4, -0.2) is 48.8 Å². The zero-order chi connectivity index (χ0) is 22.9. The number of rotatable bonds is 10. The van der Waals surface area contributed by atoms with E-state index in [9.17, 15) is 14.3 Å². The molecular formula is C26H37FO5. The van der Waals surface area contributed by atoms with Gasteiger partial charge in [-0.1, -0.05) is 30.4 Å². The molecule has 3 rings (SSSR count). The molecule has 1 unspecified atom stereocenters. The zero-order valence-corrected chi connectivity index (χ0v) is 19.2. The first-order chi connectivity index (χ1) is 15.4. The first-order valence-corrected chi connectivity index (χ1v) is 11.9. The van der Waals surface area contributed by atoms with Crippen molar-refractivity contribution in [3.05, 3.63) is 42.5 Å². The van der Waals surface area contributed by atoms with E-state index in [2.05, 4.69) is 0 Å². The van der Waals surface area contributed by atoms with Gasteiger partial charge in [-0.15, -0.1) is 0 Å². The molecular weight excluding hydrogens is 411 g/mol. The van der Waals surface area contributed by atoms with E-state index in [1.807, 2.05) is 38.1 Å². The summed E-state index contributed by atoms with van der Waals surface area (Å²) in [7, 11) is 0. The fourth-order valence-corrected chi connectivity index (χ4v) is 4.80. The van der Waals surface area contributed by atoms with Gasteiger partial charge < -0.3 is 19.3 Å². The topological polar surface area (TPSA) is 65.0 Å². The van der Waals surface area contributed by atoms with Crippen molar-refractivity contribution in [2.45, 2.75) is 76.9 Å². The summed E-state index contributed by atoms with van der Waals surface area (Å²) in [6.45, 7) is 4.32. The van der Waals surface area contributed by atoms with Gasteiger partial charge in [0.1, 0.15) is 12.4 Å². The van der Waals surface area contributed by atoms with Crippen molar-refractivity contribution in [3.63, 3.8) is 0 Å². The quantitative estimate of drug-likeness (QED) is 0.408. The highest BCUT2D eigenvalue weighted by Crippen LogP contribution is 2.42. The molecule has 5 nitrogen and oxygen atoms in total. The number of aliphatic hydroxyl groups excluding tert-OH is 1. The van der Waals surface area contributed by atoms with Gasteiger partial charge in [-0.05, 0) is 63.5 Å². The minimum Gasteiger partial charge on any atom is -0.490 e. The van der Waals surface area contributed by atoms with Crippen LogP contribution in [0.4, 0.5) is 4.39 Å². The molecule has 1 heterocycles. The van der Waals surface area contributed by atoms with E-state index in [4.69, 9.17) is 14.2 Å². The minimum atomic E-state index is -1.23. The summed E-state index contributed by atoms with van der Waals surface area (Å²) in [5, 5.41) is 10.5. The van der Waals surface area contributed by atoms with Crippen LogP contribution in [0, 0.1) is 17.8 Å². The second kappa shape index (κ2) is 12.4. The number of hydrogen-bond donors (Lipinski definition) is 1. The summed E-state index contributed by atoms with van der Waals surface area (Å²) in [5.41, 5.74) is 0. The fourth-order valence-electron chi connectivity index (χ4n) is 4.80. The van der Waals surface area contributed by atoms with E-state index in [0.29, 0.717) is 31.1 Å². The standard InChI is InChI=1S/C26H37FO5/c1-18(2)32-26(29)10-6-7-19-11-13-23-22(24(28)15-25(23)31-16-19)14-12-20(27)17-30-21-8-4-3-5-9-21/h3-5,8-9,12,14,18-20,22-25,28H,6-7,10-11,13,15-17H2,1-2H3/b14-12+/t19-,20?,22+,23+,24+,25-/m0/s1. The van der Waals surface area contributed by atoms with Crippen molar-refractivity contribution in [3.8, 4) is 5.75 Å². The second-order valence-corrected chi connectivity index (χ2v) is 9.32. The van der Waals surface area contributed by atoms with Gasteiger partial charge in [-0.2, -0.15) is 0 Å². The molecule has 32 heavy (non-hydrogen) atoms. The number of aliphatic hydroxyl groups is 1. The lowest BCUT2D eigenvalue weighted by molar-refractivity contribution is -0.147. The number of esters is 1. The van der Waals surface area contributed by atoms with E-state index in [1.165, 1.54) is 6.08 Å². The van der Waals surface area contributed by atoms with Crippen molar-refractivity contribution in [2.24, 2.45) is 17.8 Å². The number of fused-ring (bicyclic) bond motifs is 1. The SMILES string of the molecule is CC(C)OC(=O)CCC[C@H]1CC[C@@H]2[C@@H](/C=C/C(F)COc3ccccc3)[C@H](O)C[C@@H]2OC1. The van der Waals surface area contributed by atoms with E-state index in [1.54, 1.807) is 12.1 Å². The Bertz CT molecular complexity index is 722. The molecule has 0 radical (unpaired) electrons. The van der Waals surface area contributed by atoms with Crippen molar-refractivity contribution < 1.29 is 28.5 Å². The molecule has 1 aromatic rings. The molecule has 1 saturated heterocycles. The van der Waals surface area contributed by atoms with Gasteiger partial charge in [0.15, 0.2) is 6.17 Å². The summed E-state index contributed by atoms with van der Waals surface area (Å²) in [5.74, 6) is 0.999. The first-order valence-electron chi connectivity index (χ1n) is 11.9. The first kappa shape index (κ1) is 24.7. The van der Waals surface area contributed by atoms with Crippen LogP contribution >= 0.6 is 0 Å². The summed E-state index contributed by atoms with van der Waals surface area (Å²) in [4.78, 5) is 11.7. The highest BCUT2D eigenvalue weighted by atomic mass is 19.1. The summed E-state index contributed by atoms with van der Waals surface area (Å²) < 4.78 is 31.2. The van der Waals surface area contributed by atoms with E-state index >= 15 is 0 Å². The molecule has 0 aromatic heterocycles. The number of carbonyl (C=O) groups excluding carboxylic acids is 1. The summed E-state index contributed by atoms with van der Waals surface area (Å²) >= 11 is 0. The number of benzene rings is 1. The van der Waals surface area contributed by atoms with Gasteiger partial charge in [0.2, 0.25) is 0 Å². The summed E-state index contributed by atoms with van der Waals surface area (Å²) in [6, 6.07) is 9.19. The van der Waals surface area contributed by atoms with Gasteiger partial charge in [-0.25, -0.2) is 4.39 Å². The predicted molar refractivity (Wildman–Crippen MR) is 121 cm³/mol. The predicted octanol–water partition coefficient (Wildman–Crippen LogP) is 4.87. The van der Waals surface area contributed by atoms with Crippen molar-refractivity contribution in [1.82, 2.24) is 0 Å². The molecule has 178 valence electrons. The van der Waals surface area contributed by atoms with Crippen LogP contribution in [0.2, 0.25) is 0 Å². The fraction of sp³-hybridized carbons (Fsp3) is 0.654. The number of carbonyl (C=O) groups is 1. The van der Waals surface area contributed by atoms with Crippen molar-refractivity contribution in [1.29, 1.82) is 0 Å². The van der Waals surface area contributed by atoms with Gasteiger partial charge in [-0.3, -0.25) is 4.79 Å². The van der Waals surface area contributed by atoms with E-state index in [-0.39, 0.29) is 36.6 Å². The molecule has 0 bridgehead atoms. The molecule has 6 atom stereocenters. The Balaban J connectivity index is 1.44. The van der Waals surface area contributed by atoms with E-state index < -0.39 is 12.3 Å². The minimum absolute atomic E-state index is 0.00851. The normalized spacial score (nSPS) is 29.0. The monoisotopic (exact) mass is 448 g/mol. The average molecular weight is 449 g/mol. The highest BCUT2D eigenvalue weighted by molar-refractivity contribution is 5.69. The lowest BCUT2D eigenvalue weighted by Gasteiger charge is -2.21. The van der Waals surface area contributed by atoms with Crippen molar-refractivity contribution in [2.75, 3.05) is 13.2 Å². The van der Waals surface area contributed by atoms with Crippen LogP contribution < -0.4 is 4.74 Å². The third-order valence-corrected chi connectivity index (χ3v) is 6.40. The lowest BCUT2D eigenvalue weighted by Crippen LogP contribution is -2.21. The molecule has 1 aliphatic heterocycles. The molecule has 1 N–H and O–H groups in total. The smallest absolute Gasteiger partial charge is 0.306 e. The Hall–Kier alpha value is -1.92. The third kappa shape index (κ3) is 7.59. The molecule has 0 amide bonds. The Morgan fingerprint density at radius 1 is 1.28 bits per heavy atom. The van der Waals surface area contributed by atoms with Crippen LogP contribution in [0.3, 0.4) is 0 Å². The Kier molecular flexibility index (Phi) is 9.54. The largest absolute Gasteiger partial charge is 0.490 e. The van der Waals surface area contributed by atoms with Gasteiger partial charge in [0.05, 0.1) is 18.3 Å². The molecule has 1 aliphatic carbocycles. The molecule has 2 fully saturated rings. The Labute approximate surface area is 190 Å². The highest BCUT2D eigenvalue weighted by Gasteiger charge is 2.43. The molecule has 6 heteroatoms. The van der Waals surface area contributed by atoms with Crippen LogP contribution in [-0.2, 0) is 14.3 Å². The maximum atomic E-state index is 14.4. The number of para-hydroxylation sites is 1. The number of hydrogen-bond acceptors (Lipinski definition) is 5. The number of ether oxygens (including phenoxy) is 3. The van der Waals surface area contributed by atoms with Gasteiger partial charge in [0, 0.05) is 25.4 Å². The average Bonchev–Trinajstić information content (AvgIpc) is 2.92. The molecule has 2 aliphatic rings. The molecule has 0 spiro atoms. The van der Waals surface area contributed by atoms with E-state index in [0.717, 1.165) is 25.7 Å². The van der Waals surface area contributed by atoms with Crippen LogP contribution in [0.15, 0.2) is 42.5 Å². The van der Waals surface area contributed by atoms with Crippen LogP contribution in [0.1, 0.15) is 52.4 Å². The lowest BCUT2D eigenvalue weighted by atomic mass is 9.86. The zero-order valence-electron chi connectivity index (χ0n) is 19.2. The Morgan fingerprint density at radius 2 is 2.06 bits per heavy atom. The molecule has 1 saturated carbocycles. The maximum absolute atomic E-state index is 14.4.